The van der Waals surface area contributed by atoms with Gasteiger partial charge in [-0.25, -0.2) is 4.98 Å². The Bertz CT molecular complexity index is 563. The molecule has 114 valence electrons. The Hall–Kier alpha value is -1.69. The van der Waals surface area contributed by atoms with E-state index in [-0.39, 0.29) is 11.6 Å². The lowest BCUT2D eigenvalue weighted by molar-refractivity contribution is -0.385. The van der Waals surface area contributed by atoms with Crippen LogP contribution in [-0.4, -0.2) is 33.7 Å². The van der Waals surface area contributed by atoms with Crippen LogP contribution < -0.4 is 4.90 Å². The highest BCUT2D eigenvalue weighted by atomic mass is 16.6. The highest BCUT2D eigenvalue weighted by molar-refractivity contribution is 5.51. The molecule has 2 fully saturated rings. The summed E-state index contributed by atoms with van der Waals surface area (Å²) in [4.78, 5) is 16.8. The van der Waals surface area contributed by atoms with Gasteiger partial charge in [-0.1, -0.05) is 12.8 Å². The minimum Gasteiger partial charge on any atom is -0.389 e. The Morgan fingerprint density at radius 1 is 1.48 bits per heavy atom. The molecule has 1 saturated heterocycles. The molecule has 0 radical (unpaired) electrons. The molecule has 1 N–H and O–H groups in total. The fourth-order valence-electron chi connectivity index (χ4n) is 3.75. The average molecular weight is 291 g/mol. The molecule has 1 aromatic rings. The number of hydrogen-bond donors (Lipinski definition) is 1. The molecular weight excluding hydrogens is 270 g/mol. The molecule has 6 nitrogen and oxygen atoms in total. The number of fused-ring (bicyclic) bond motifs is 1. The molecule has 0 aromatic carbocycles. The van der Waals surface area contributed by atoms with Crippen LogP contribution in [-0.2, 0) is 0 Å². The van der Waals surface area contributed by atoms with E-state index in [1.54, 1.807) is 6.07 Å². The Morgan fingerprint density at radius 2 is 2.29 bits per heavy atom. The number of hydrogen-bond acceptors (Lipinski definition) is 5. The third-order valence-corrected chi connectivity index (χ3v) is 4.97. The van der Waals surface area contributed by atoms with Gasteiger partial charge in [-0.3, -0.25) is 10.1 Å². The molecule has 0 spiro atoms. The fraction of sp³-hybridized carbons (Fsp3) is 0.667. The molecule has 1 aliphatic carbocycles. The SMILES string of the molecule is Cc1cc([N+](=O)[O-])cnc1N1CCC2(O)CCCCC2C1. The summed E-state index contributed by atoms with van der Waals surface area (Å²) in [5, 5.41) is 21.5. The number of aliphatic hydroxyl groups is 1. The number of aromatic nitrogens is 1. The molecule has 0 amide bonds. The third-order valence-electron chi connectivity index (χ3n) is 4.97. The molecule has 1 saturated carbocycles. The molecule has 2 aliphatic rings. The monoisotopic (exact) mass is 291 g/mol. The van der Waals surface area contributed by atoms with Crippen LogP contribution in [0.1, 0.15) is 37.7 Å². The van der Waals surface area contributed by atoms with E-state index in [4.69, 9.17) is 0 Å². The summed E-state index contributed by atoms with van der Waals surface area (Å²) in [7, 11) is 0. The second kappa shape index (κ2) is 5.26. The van der Waals surface area contributed by atoms with Crippen molar-refractivity contribution in [2.45, 2.75) is 44.6 Å². The van der Waals surface area contributed by atoms with E-state index in [9.17, 15) is 15.2 Å². The molecule has 1 aliphatic heterocycles. The summed E-state index contributed by atoms with van der Waals surface area (Å²) < 4.78 is 0. The van der Waals surface area contributed by atoms with Gasteiger partial charge < -0.3 is 10.0 Å². The molecule has 3 rings (SSSR count). The lowest BCUT2D eigenvalue weighted by Gasteiger charge is -2.48. The first-order valence-electron chi connectivity index (χ1n) is 7.58. The van der Waals surface area contributed by atoms with E-state index >= 15 is 0 Å². The Balaban J connectivity index is 1.81. The van der Waals surface area contributed by atoms with Crippen molar-refractivity contribution in [3.8, 4) is 0 Å². The van der Waals surface area contributed by atoms with E-state index in [0.29, 0.717) is 0 Å². The van der Waals surface area contributed by atoms with Gasteiger partial charge in [-0.2, -0.15) is 0 Å². The van der Waals surface area contributed by atoms with Crippen LogP contribution in [0, 0.1) is 23.0 Å². The van der Waals surface area contributed by atoms with Crippen LogP contribution >= 0.6 is 0 Å². The molecule has 2 atom stereocenters. The highest BCUT2D eigenvalue weighted by Crippen LogP contribution is 2.41. The second-order valence-electron chi connectivity index (χ2n) is 6.33. The van der Waals surface area contributed by atoms with Crippen molar-refractivity contribution in [1.29, 1.82) is 0 Å². The first-order chi connectivity index (χ1) is 9.99. The Kier molecular flexibility index (Phi) is 3.57. The summed E-state index contributed by atoms with van der Waals surface area (Å²) in [6.07, 6.45) is 6.33. The van der Waals surface area contributed by atoms with Gasteiger partial charge in [-0.15, -0.1) is 0 Å². The Labute approximate surface area is 123 Å². The maximum atomic E-state index is 10.8. The summed E-state index contributed by atoms with van der Waals surface area (Å²) in [6, 6.07) is 1.57. The highest BCUT2D eigenvalue weighted by Gasteiger charge is 2.43. The van der Waals surface area contributed by atoms with Crippen molar-refractivity contribution in [3.05, 3.63) is 27.9 Å². The van der Waals surface area contributed by atoms with Crippen LogP contribution in [0.15, 0.2) is 12.3 Å². The van der Waals surface area contributed by atoms with Crippen molar-refractivity contribution in [3.63, 3.8) is 0 Å². The van der Waals surface area contributed by atoms with E-state index in [1.165, 1.54) is 12.6 Å². The van der Waals surface area contributed by atoms with Gasteiger partial charge in [0.25, 0.3) is 5.69 Å². The number of anilines is 1. The topological polar surface area (TPSA) is 79.5 Å². The zero-order valence-electron chi connectivity index (χ0n) is 12.3. The lowest BCUT2D eigenvalue weighted by Crippen LogP contribution is -2.53. The normalized spacial score (nSPS) is 29.0. The molecule has 2 unspecified atom stereocenters. The van der Waals surface area contributed by atoms with Gasteiger partial charge in [0.2, 0.25) is 0 Å². The van der Waals surface area contributed by atoms with Gasteiger partial charge in [0.15, 0.2) is 0 Å². The van der Waals surface area contributed by atoms with Gasteiger partial charge >= 0.3 is 0 Å². The molecule has 0 bridgehead atoms. The molecule has 21 heavy (non-hydrogen) atoms. The first kappa shape index (κ1) is 14.3. The second-order valence-corrected chi connectivity index (χ2v) is 6.33. The standard InChI is InChI=1S/C15H21N3O3/c1-11-8-13(18(20)21)9-16-14(11)17-7-6-15(19)5-3-2-4-12(15)10-17/h8-9,12,19H,2-7,10H2,1H3. The van der Waals surface area contributed by atoms with E-state index in [0.717, 1.165) is 50.2 Å². The lowest BCUT2D eigenvalue weighted by atomic mass is 9.71. The third kappa shape index (κ3) is 2.60. The predicted octanol–water partition coefficient (Wildman–Crippen LogP) is 2.43. The smallest absolute Gasteiger partial charge is 0.287 e. The van der Waals surface area contributed by atoms with E-state index in [1.807, 2.05) is 6.92 Å². The summed E-state index contributed by atoms with van der Waals surface area (Å²) in [6.45, 7) is 3.41. The van der Waals surface area contributed by atoms with Crippen molar-refractivity contribution >= 4 is 11.5 Å². The van der Waals surface area contributed by atoms with E-state index < -0.39 is 10.5 Å². The summed E-state index contributed by atoms with van der Waals surface area (Å²) in [5.74, 6) is 1.10. The van der Waals surface area contributed by atoms with Crippen molar-refractivity contribution in [2.75, 3.05) is 18.0 Å². The van der Waals surface area contributed by atoms with Crippen LogP contribution in [0.3, 0.4) is 0 Å². The number of piperidine rings is 1. The van der Waals surface area contributed by atoms with Crippen LogP contribution in [0.4, 0.5) is 11.5 Å². The molecule has 2 heterocycles. The summed E-state index contributed by atoms with van der Waals surface area (Å²) in [5.41, 5.74) is 0.344. The maximum Gasteiger partial charge on any atom is 0.287 e. The Morgan fingerprint density at radius 3 is 3.00 bits per heavy atom. The van der Waals surface area contributed by atoms with E-state index in [2.05, 4.69) is 9.88 Å². The van der Waals surface area contributed by atoms with Gasteiger partial charge in [0.05, 0.1) is 10.5 Å². The fourth-order valence-corrected chi connectivity index (χ4v) is 3.75. The van der Waals surface area contributed by atoms with Crippen molar-refractivity contribution in [2.24, 2.45) is 5.92 Å². The quantitative estimate of drug-likeness (QED) is 0.668. The van der Waals surface area contributed by atoms with Crippen LogP contribution in [0.25, 0.3) is 0 Å². The first-order valence-corrected chi connectivity index (χ1v) is 7.58. The number of aryl methyl sites for hydroxylation is 1. The molecule has 6 heteroatoms. The minimum absolute atomic E-state index is 0.0300. The average Bonchev–Trinajstić information content (AvgIpc) is 2.46. The molecule has 1 aromatic heterocycles. The summed E-state index contributed by atoms with van der Waals surface area (Å²) >= 11 is 0. The van der Waals surface area contributed by atoms with Crippen LogP contribution in [0.5, 0.6) is 0 Å². The largest absolute Gasteiger partial charge is 0.389 e. The molecular formula is C15H21N3O3. The number of pyridine rings is 1. The maximum absolute atomic E-state index is 10.8. The van der Waals surface area contributed by atoms with Gasteiger partial charge in [0.1, 0.15) is 12.0 Å². The van der Waals surface area contributed by atoms with Crippen molar-refractivity contribution < 1.29 is 10.0 Å². The van der Waals surface area contributed by atoms with Crippen molar-refractivity contribution in [1.82, 2.24) is 4.98 Å². The van der Waals surface area contributed by atoms with Gasteiger partial charge in [-0.05, 0) is 31.7 Å². The number of rotatable bonds is 2. The van der Waals surface area contributed by atoms with Gasteiger partial charge in [0, 0.05) is 25.1 Å². The number of nitro groups is 1. The zero-order valence-corrected chi connectivity index (χ0v) is 12.3. The zero-order chi connectivity index (χ0) is 15.0. The minimum atomic E-state index is -0.510. The van der Waals surface area contributed by atoms with Crippen LogP contribution in [0.2, 0.25) is 0 Å². The predicted molar refractivity (Wildman–Crippen MR) is 79.4 cm³/mol. The number of nitrogens with zero attached hydrogens (tertiary/aromatic N) is 3.